The molecule has 0 spiro atoms. The van der Waals surface area contributed by atoms with E-state index in [9.17, 15) is 5.11 Å². The standard InChI is InChI=1S/C15H23BrN2O2/c1-8-12(11-5-10(6-17)7-18(11)3)14(19)15(20-4)9(2)13(8)16/h10-11,19H,5-7,17H2,1-4H3. The van der Waals surface area contributed by atoms with E-state index in [1.807, 2.05) is 13.8 Å². The van der Waals surface area contributed by atoms with Crippen molar-refractivity contribution in [1.29, 1.82) is 0 Å². The van der Waals surface area contributed by atoms with Gasteiger partial charge in [-0.05, 0) is 45.3 Å². The maximum Gasteiger partial charge on any atom is 0.164 e. The van der Waals surface area contributed by atoms with Crippen molar-refractivity contribution in [1.82, 2.24) is 4.90 Å². The van der Waals surface area contributed by atoms with Crippen LogP contribution in [0, 0.1) is 19.8 Å². The highest BCUT2D eigenvalue weighted by Gasteiger charge is 2.34. The van der Waals surface area contributed by atoms with E-state index in [0.29, 0.717) is 18.2 Å². The maximum atomic E-state index is 10.6. The molecule has 1 aromatic carbocycles. The normalized spacial score (nSPS) is 23.3. The minimum absolute atomic E-state index is 0.189. The molecule has 4 nitrogen and oxygen atoms in total. The number of nitrogens with zero attached hydrogens (tertiary/aromatic N) is 1. The number of rotatable bonds is 3. The lowest BCUT2D eigenvalue weighted by Gasteiger charge is -2.25. The SMILES string of the molecule is COc1c(C)c(Br)c(C)c(C2CC(CN)CN2C)c1O. The molecule has 2 rings (SSSR count). The van der Waals surface area contributed by atoms with E-state index in [0.717, 1.165) is 34.1 Å². The number of methoxy groups -OCH3 is 1. The minimum atomic E-state index is 0.189. The van der Waals surface area contributed by atoms with Gasteiger partial charge in [0.05, 0.1) is 7.11 Å². The Labute approximate surface area is 129 Å². The Morgan fingerprint density at radius 1 is 1.40 bits per heavy atom. The second-order valence-corrected chi connectivity index (χ2v) is 6.45. The molecule has 0 aliphatic carbocycles. The molecule has 0 bridgehead atoms. The van der Waals surface area contributed by atoms with Crippen LogP contribution in [0.2, 0.25) is 0 Å². The largest absolute Gasteiger partial charge is 0.504 e. The van der Waals surface area contributed by atoms with Crippen LogP contribution >= 0.6 is 15.9 Å². The Hall–Kier alpha value is -0.780. The van der Waals surface area contributed by atoms with Crippen molar-refractivity contribution in [2.24, 2.45) is 11.7 Å². The van der Waals surface area contributed by atoms with Crippen molar-refractivity contribution in [3.8, 4) is 11.5 Å². The van der Waals surface area contributed by atoms with Crippen molar-refractivity contribution < 1.29 is 9.84 Å². The molecule has 0 aromatic heterocycles. The summed E-state index contributed by atoms with van der Waals surface area (Å²) in [4.78, 5) is 2.26. The fourth-order valence-electron chi connectivity index (χ4n) is 3.25. The predicted octanol–water partition coefficient (Wildman–Crippen LogP) is 2.73. The first-order chi connectivity index (χ1) is 9.42. The fourth-order valence-corrected chi connectivity index (χ4v) is 3.64. The van der Waals surface area contributed by atoms with E-state index in [4.69, 9.17) is 10.5 Å². The van der Waals surface area contributed by atoms with E-state index >= 15 is 0 Å². The molecule has 20 heavy (non-hydrogen) atoms. The van der Waals surface area contributed by atoms with Crippen LogP contribution in [-0.2, 0) is 0 Å². The van der Waals surface area contributed by atoms with Crippen molar-refractivity contribution in [2.75, 3.05) is 27.2 Å². The Balaban J connectivity index is 2.54. The smallest absolute Gasteiger partial charge is 0.164 e. The number of likely N-dealkylation sites (tertiary alicyclic amines) is 1. The first-order valence-corrected chi connectivity index (χ1v) is 7.67. The number of aromatic hydroxyl groups is 1. The van der Waals surface area contributed by atoms with Crippen LogP contribution in [-0.4, -0.2) is 37.3 Å². The molecule has 112 valence electrons. The van der Waals surface area contributed by atoms with Gasteiger partial charge in [-0.25, -0.2) is 0 Å². The van der Waals surface area contributed by atoms with Gasteiger partial charge in [-0.1, -0.05) is 15.9 Å². The zero-order valence-electron chi connectivity index (χ0n) is 12.5. The summed E-state index contributed by atoms with van der Waals surface area (Å²) in [5, 5.41) is 10.6. The topological polar surface area (TPSA) is 58.7 Å². The molecule has 1 aliphatic heterocycles. The quantitative estimate of drug-likeness (QED) is 0.886. The second kappa shape index (κ2) is 5.92. The summed E-state index contributed by atoms with van der Waals surface area (Å²) in [5.74, 6) is 1.30. The van der Waals surface area contributed by atoms with E-state index in [1.54, 1.807) is 7.11 Å². The van der Waals surface area contributed by atoms with Gasteiger partial charge in [0, 0.05) is 28.2 Å². The number of hydrogen-bond acceptors (Lipinski definition) is 4. The number of halogens is 1. The minimum Gasteiger partial charge on any atom is -0.504 e. The third kappa shape index (κ3) is 2.43. The Bertz CT molecular complexity index is 519. The van der Waals surface area contributed by atoms with Gasteiger partial charge >= 0.3 is 0 Å². The first-order valence-electron chi connectivity index (χ1n) is 6.88. The number of phenolic OH excluding ortho intramolecular Hbond substituents is 1. The molecule has 5 heteroatoms. The van der Waals surface area contributed by atoms with Gasteiger partial charge in [-0.3, -0.25) is 4.90 Å². The fraction of sp³-hybridized carbons (Fsp3) is 0.600. The van der Waals surface area contributed by atoms with Crippen LogP contribution in [0.15, 0.2) is 4.47 Å². The van der Waals surface area contributed by atoms with E-state index < -0.39 is 0 Å². The average Bonchev–Trinajstić information content (AvgIpc) is 2.79. The van der Waals surface area contributed by atoms with Crippen LogP contribution in [0.5, 0.6) is 11.5 Å². The summed E-state index contributed by atoms with van der Waals surface area (Å²) in [5.41, 5.74) is 8.77. The molecule has 0 amide bonds. The zero-order valence-corrected chi connectivity index (χ0v) is 14.1. The third-order valence-corrected chi connectivity index (χ3v) is 5.57. The molecule has 1 heterocycles. The third-order valence-electron chi connectivity index (χ3n) is 4.38. The highest BCUT2D eigenvalue weighted by atomic mass is 79.9. The Morgan fingerprint density at radius 3 is 2.55 bits per heavy atom. The lowest BCUT2D eigenvalue weighted by molar-refractivity contribution is 0.299. The summed E-state index contributed by atoms with van der Waals surface area (Å²) in [6.07, 6.45) is 0.972. The number of nitrogens with two attached hydrogens (primary N) is 1. The van der Waals surface area contributed by atoms with E-state index in [2.05, 4.69) is 27.9 Å². The van der Waals surface area contributed by atoms with Gasteiger partial charge < -0.3 is 15.6 Å². The van der Waals surface area contributed by atoms with Gasteiger partial charge in [0.2, 0.25) is 0 Å². The highest BCUT2D eigenvalue weighted by Crippen LogP contribution is 2.47. The molecule has 1 saturated heterocycles. The zero-order chi connectivity index (χ0) is 15.0. The van der Waals surface area contributed by atoms with Gasteiger partial charge in [0.15, 0.2) is 11.5 Å². The van der Waals surface area contributed by atoms with Crippen molar-refractivity contribution in [3.05, 3.63) is 21.2 Å². The van der Waals surface area contributed by atoms with Crippen LogP contribution in [0.3, 0.4) is 0 Å². The molecule has 1 aliphatic rings. The lowest BCUT2D eigenvalue weighted by atomic mass is 9.93. The summed E-state index contributed by atoms with van der Waals surface area (Å²) in [7, 11) is 3.67. The van der Waals surface area contributed by atoms with E-state index in [1.165, 1.54) is 0 Å². The van der Waals surface area contributed by atoms with E-state index in [-0.39, 0.29) is 11.8 Å². The lowest BCUT2D eigenvalue weighted by Crippen LogP contribution is -2.21. The maximum absolute atomic E-state index is 10.6. The summed E-state index contributed by atoms with van der Waals surface area (Å²) in [6.45, 7) is 5.63. The number of phenols is 1. The van der Waals surface area contributed by atoms with Crippen molar-refractivity contribution in [2.45, 2.75) is 26.3 Å². The molecule has 2 unspecified atom stereocenters. The number of benzene rings is 1. The van der Waals surface area contributed by atoms with Crippen molar-refractivity contribution in [3.63, 3.8) is 0 Å². The highest BCUT2D eigenvalue weighted by molar-refractivity contribution is 9.10. The summed E-state index contributed by atoms with van der Waals surface area (Å²) >= 11 is 3.62. The average molecular weight is 343 g/mol. The van der Waals surface area contributed by atoms with Gasteiger partial charge in [-0.15, -0.1) is 0 Å². The predicted molar refractivity (Wildman–Crippen MR) is 84.4 cm³/mol. The first kappa shape index (κ1) is 15.6. The van der Waals surface area contributed by atoms with Crippen LogP contribution < -0.4 is 10.5 Å². The van der Waals surface area contributed by atoms with Crippen LogP contribution in [0.25, 0.3) is 0 Å². The Morgan fingerprint density at radius 2 is 2.05 bits per heavy atom. The number of hydrogen-bond donors (Lipinski definition) is 2. The van der Waals surface area contributed by atoms with Gasteiger partial charge in [0.25, 0.3) is 0 Å². The van der Waals surface area contributed by atoms with Crippen LogP contribution in [0.4, 0.5) is 0 Å². The van der Waals surface area contributed by atoms with Crippen LogP contribution in [0.1, 0.15) is 29.2 Å². The van der Waals surface area contributed by atoms with Gasteiger partial charge in [-0.2, -0.15) is 0 Å². The molecule has 1 fully saturated rings. The molecule has 2 atom stereocenters. The van der Waals surface area contributed by atoms with Gasteiger partial charge in [0.1, 0.15) is 0 Å². The summed E-state index contributed by atoms with van der Waals surface area (Å²) < 4.78 is 6.38. The molecular weight excluding hydrogens is 320 g/mol. The Kier molecular flexibility index (Phi) is 4.62. The molecule has 3 N–H and O–H groups in total. The second-order valence-electron chi connectivity index (χ2n) is 5.65. The monoisotopic (exact) mass is 342 g/mol. The molecular formula is C15H23BrN2O2. The molecule has 0 saturated carbocycles. The van der Waals surface area contributed by atoms with Crippen molar-refractivity contribution >= 4 is 15.9 Å². The number of ether oxygens (including phenoxy) is 1. The molecule has 0 radical (unpaired) electrons. The molecule has 1 aromatic rings. The summed E-state index contributed by atoms with van der Waals surface area (Å²) in [6, 6.07) is 0.189.